The predicted octanol–water partition coefficient (Wildman–Crippen LogP) is 0.584. The number of likely N-dealkylation sites (N-methyl/N-ethyl adjacent to an activating group) is 1. The van der Waals surface area contributed by atoms with Crippen LogP contribution in [-0.4, -0.2) is 39.8 Å². The van der Waals surface area contributed by atoms with Gasteiger partial charge >= 0.3 is 5.97 Å². The molecule has 0 amide bonds. The molecule has 2 unspecified atom stereocenters. The molecule has 0 aromatic carbocycles. The zero-order valence-electron chi connectivity index (χ0n) is 8.19. The second kappa shape index (κ2) is 3.09. The molecule has 1 aliphatic heterocycles. The molecule has 0 aliphatic carbocycles. The third-order valence-electron chi connectivity index (χ3n) is 2.93. The number of fused-ring (bicyclic) bond motifs is 1. The van der Waals surface area contributed by atoms with Crippen molar-refractivity contribution in [2.75, 3.05) is 13.6 Å². The molecule has 0 fully saturated rings. The first-order chi connectivity index (χ1) is 6.61. The molecule has 2 atom stereocenters. The van der Waals surface area contributed by atoms with Crippen LogP contribution in [-0.2, 0) is 4.79 Å². The van der Waals surface area contributed by atoms with Gasteiger partial charge < -0.3 is 5.11 Å². The number of aliphatic carboxylic acids is 1. The molecule has 5 nitrogen and oxygen atoms in total. The minimum absolute atomic E-state index is 0.236. The van der Waals surface area contributed by atoms with E-state index in [0.29, 0.717) is 6.54 Å². The minimum Gasteiger partial charge on any atom is -0.481 e. The number of carbonyl (C=O) groups is 1. The third kappa shape index (κ3) is 1.21. The van der Waals surface area contributed by atoms with Crippen LogP contribution in [0.1, 0.15) is 30.1 Å². The first-order valence-corrected chi connectivity index (χ1v) is 4.57. The zero-order chi connectivity index (χ0) is 10.3. The lowest BCUT2D eigenvalue weighted by atomic mass is 9.92. The number of rotatable bonds is 1. The summed E-state index contributed by atoms with van der Waals surface area (Å²) in [5, 5.41) is 15.7. The Morgan fingerprint density at radius 2 is 2.50 bits per heavy atom. The number of hydrogen-bond acceptors (Lipinski definition) is 3. The summed E-state index contributed by atoms with van der Waals surface area (Å²) < 4.78 is 0. The van der Waals surface area contributed by atoms with Gasteiger partial charge in [-0.25, -0.2) is 0 Å². The summed E-state index contributed by atoms with van der Waals surface area (Å²) in [6.07, 6.45) is 1.71. The fourth-order valence-corrected chi connectivity index (χ4v) is 1.89. The van der Waals surface area contributed by atoms with Crippen LogP contribution in [0.25, 0.3) is 0 Å². The van der Waals surface area contributed by atoms with Gasteiger partial charge in [-0.1, -0.05) is 0 Å². The number of carboxylic acids is 1. The SMILES string of the molecule is CC1c2cn[nH]c2C(C(=O)O)CN1C. The molecule has 76 valence electrons. The fraction of sp³-hybridized carbons (Fsp3) is 0.556. The third-order valence-corrected chi connectivity index (χ3v) is 2.93. The van der Waals surface area contributed by atoms with Crippen LogP contribution < -0.4 is 0 Å². The van der Waals surface area contributed by atoms with Crippen molar-refractivity contribution in [1.82, 2.24) is 15.1 Å². The highest BCUT2D eigenvalue weighted by molar-refractivity contribution is 5.76. The molecular weight excluding hydrogens is 182 g/mol. The molecule has 2 rings (SSSR count). The van der Waals surface area contributed by atoms with Crippen molar-refractivity contribution in [3.8, 4) is 0 Å². The Bertz CT molecular complexity index is 361. The maximum Gasteiger partial charge on any atom is 0.313 e. The van der Waals surface area contributed by atoms with E-state index in [1.165, 1.54) is 0 Å². The summed E-state index contributed by atoms with van der Waals surface area (Å²) in [6, 6.07) is 0.236. The number of aromatic nitrogens is 2. The lowest BCUT2D eigenvalue weighted by molar-refractivity contribution is -0.139. The maximum absolute atomic E-state index is 11.0. The van der Waals surface area contributed by atoms with Gasteiger partial charge in [0.25, 0.3) is 0 Å². The Morgan fingerprint density at radius 3 is 3.14 bits per heavy atom. The molecule has 1 aliphatic rings. The van der Waals surface area contributed by atoms with Crippen LogP contribution in [0, 0.1) is 0 Å². The average Bonchev–Trinajstić information content (AvgIpc) is 2.59. The molecule has 0 bridgehead atoms. The van der Waals surface area contributed by atoms with Gasteiger partial charge in [-0.2, -0.15) is 5.10 Å². The van der Waals surface area contributed by atoms with Crippen LogP contribution >= 0.6 is 0 Å². The fourth-order valence-electron chi connectivity index (χ4n) is 1.89. The number of H-pyrrole nitrogens is 1. The van der Waals surface area contributed by atoms with Crippen LogP contribution in [0.5, 0.6) is 0 Å². The first-order valence-electron chi connectivity index (χ1n) is 4.57. The van der Waals surface area contributed by atoms with Crippen molar-refractivity contribution in [1.29, 1.82) is 0 Å². The molecule has 0 spiro atoms. The van der Waals surface area contributed by atoms with Crippen molar-refractivity contribution in [2.45, 2.75) is 18.9 Å². The van der Waals surface area contributed by atoms with E-state index in [0.717, 1.165) is 11.3 Å². The monoisotopic (exact) mass is 195 g/mol. The topological polar surface area (TPSA) is 69.2 Å². The van der Waals surface area contributed by atoms with Crippen LogP contribution in [0.15, 0.2) is 6.20 Å². The van der Waals surface area contributed by atoms with Gasteiger partial charge in [0.05, 0.1) is 11.9 Å². The molecule has 2 N–H and O–H groups in total. The van der Waals surface area contributed by atoms with E-state index in [1.807, 2.05) is 18.9 Å². The number of carboxylic acid groups (broad SMARTS) is 1. The molecule has 0 radical (unpaired) electrons. The van der Waals surface area contributed by atoms with Crippen LogP contribution in [0.2, 0.25) is 0 Å². The van der Waals surface area contributed by atoms with Gasteiger partial charge in [-0.15, -0.1) is 0 Å². The Balaban J connectivity index is 2.44. The van der Waals surface area contributed by atoms with Crippen molar-refractivity contribution in [2.24, 2.45) is 0 Å². The molecule has 14 heavy (non-hydrogen) atoms. The standard InChI is InChI=1S/C9H13N3O2/c1-5-6-3-10-11-8(6)7(9(13)14)4-12(5)2/h3,5,7H,4H2,1-2H3,(H,10,11)(H,13,14). The van der Waals surface area contributed by atoms with E-state index >= 15 is 0 Å². The molecule has 2 heterocycles. The summed E-state index contributed by atoms with van der Waals surface area (Å²) in [6.45, 7) is 2.58. The zero-order valence-corrected chi connectivity index (χ0v) is 8.19. The largest absolute Gasteiger partial charge is 0.481 e. The smallest absolute Gasteiger partial charge is 0.313 e. The number of aromatic amines is 1. The van der Waals surface area contributed by atoms with Crippen LogP contribution in [0.4, 0.5) is 0 Å². The van der Waals surface area contributed by atoms with Gasteiger partial charge in [-0.3, -0.25) is 14.8 Å². The van der Waals surface area contributed by atoms with Crippen LogP contribution in [0.3, 0.4) is 0 Å². The summed E-state index contributed by atoms with van der Waals surface area (Å²) in [4.78, 5) is 13.0. The minimum atomic E-state index is -0.797. The highest BCUT2D eigenvalue weighted by atomic mass is 16.4. The Labute approximate surface area is 81.7 Å². The summed E-state index contributed by atoms with van der Waals surface area (Å²) in [7, 11) is 1.93. The lowest BCUT2D eigenvalue weighted by Gasteiger charge is -2.32. The van der Waals surface area contributed by atoms with Gasteiger partial charge in [0.1, 0.15) is 5.92 Å². The van der Waals surface area contributed by atoms with Gasteiger partial charge in [0, 0.05) is 18.2 Å². The van der Waals surface area contributed by atoms with Crippen molar-refractivity contribution < 1.29 is 9.90 Å². The number of nitrogens with one attached hydrogen (secondary N) is 1. The molecule has 1 aromatic heterocycles. The summed E-state index contributed by atoms with van der Waals surface area (Å²) >= 11 is 0. The molecule has 1 aromatic rings. The molecule has 0 saturated carbocycles. The first kappa shape index (κ1) is 9.21. The van der Waals surface area contributed by atoms with E-state index < -0.39 is 11.9 Å². The van der Waals surface area contributed by atoms with Crippen molar-refractivity contribution in [3.63, 3.8) is 0 Å². The second-order valence-corrected chi connectivity index (χ2v) is 3.75. The Hall–Kier alpha value is -1.36. The number of nitrogens with zero attached hydrogens (tertiary/aromatic N) is 2. The predicted molar refractivity (Wildman–Crippen MR) is 50.0 cm³/mol. The van der Waals surface area contributed by atoms with Gasteiger partial charge in [-0.05, 0) is 14.0 Å². The highest BCUT2D eigenvalue weighted by Crippen LogP contribution is 2.33. The normalized spacial score (nSPS) is 27.3. The summed E-state index contributed by atoms with van der Waals surface area (Å²) in [5.74, 6) is -1.28. The number of hydrogen-bond donors (Lipinski definition) is 2. The van der Waals surface area contributed by atoms with E-state index in [4.69, 9.17) is 5.11 Å². The molecular formula is C9H13N3O2. The average molecular weight is 195 g/mol. The van der Waals surface area contributed by atoms with E-state index in [9.17, 15) is 4.79 Å². The van der Waals surface area contributed by atoms with Crippen molar-refractivity contribution >= 4 is 5.97 Å². The second-order valence-electron chi connectivity index (χ2n) is 3.75. The quantitative estimate of drug-likeness (QED) is 0.688. The van der Waals surface area contributed by atoms with E-state index in [1.54, 1.807) is 6.20 Å². The van der Waals surface area contributed by atoms with Gasteiger partial charge in [0.2, 0.25) is 0 Å². The molecule has 0 saturated heterocycles. The lowest BCUT2D eigenvalue weighted by Crippen LogP contribution is -2.36. The Morgan fingerprint density at radius 1 is 1.79 bits per heavy atom. The van der Waals surface area contributed by atoms with Crippen molar-refractivity contribution in [3.05, 3.63) is 17.5 Å². The highest BCUT2D eigenvalue weighted by Gasteiger charge is 2.34. The van der Waals surface area contributed by atoms with Gasteiger partial charge in [0.15, 0.2) is 0 Å². The summed E-state index contributed by atoms with van der Waals surface area (Å²) in [5.41, 5.74) is 1.74. The maximum atomic E-state index is 11.0. The Kier molecular flexibility index (Phi) is 2.03. The molecule has 5 heteroatoms. The van der Waals surface area contributed by atoms with E-state index in [2.05, 4.69) is 10.2 Å². The van der Waals surface area contributed by atoms with E-state index in [-0.39, 0.29) is 6.04 Å².